The summed E-state index contributed by atoms with van der Waals surface area (Å²) in [7, 11) is 0. The van der Waals surface area contributed by atoms with Gasteiger partial charge in [0.1, 0.15) is 0 Å². The second-order valence-electron chi connectivity index (χ2n) is 3.83. The standard InChI is InChI=1S/C11H12N2OS/c15-11-12-9-3-1-2-4-10(9)13(11)8-5-6-14-7-8/h1-4,8H,5-7H2,(H,12,15). The van der Waals surface area contributed by atoms with Crippen molar-refractivity contribution in [2.75, 3.05) is 13.2 Å². The number of hydrogen-bond acceptors (Lipinski definition) is 2. The number of benzene rings is 1. The summed E-state index contributed by atoms with van der Waals surface area (Å²) in [5, 5.41) is 0. The molecule has 1 saturated heterocycles. The highest BCUT2D eigenvalue weighted by Gasteiger charge is 2.20. The topological polar surface area (TPSA) is 29.9 Å². The molecule has 1 aliphatic heterocycles. The van der Waals surface area contributed by atoms with Gasteiger partial charge in [0.15, 0.2) is 4.77 Å². The quantitative estimate of drug-likeness (QED) is 0.749. The predicted octanol–water partition coefficient (Wildman–Crippen LogP) is 2.66. The van der Waals surface area contributed by atoms with Crippen LogP contribution in [0.4, 0.5) is 0 Å². The Morgan fingerprint density at radius 3 is 3.07 bits per heavy atom. The third-order valence-corrected chi connectivity index (χ3v) is 3.19. The smallest absolute Gasteiger partial charge is 0.178 e. The molecule has 1 aliphatic rings. The highest BCUT2D eigenvalue weighted by molar-refractivity contribution is 7.71. The zero-order valence-electron chi connectivity index (χ0n) is 8.27. The van der Waals surface area contributed by atoms with E-state index >= 15 is 0 Å². The van der Waals surface area contributed by atoms with Gasteiger partial charge in [-0.15, -0.1) is 0 Å². The van der Waals surface area contributed by atoms with Crippen molar-refractivity contribution in [2.45, 2.75) is 12.5 Å². The van der Waals surface area contributed by atoms with Gasteiger partial charge in [0, 0.05) is 6.61 Å². The van der Waals surface area contributed by atoms with E-state index in [0.29, 0.717) is 6.04 Å². The molecule has 1 N–H and O–H groups in total. The summed E-state index contributed by atoms with van der Waals surface area (Å²) in [6.45, 7) is 1.61. The number of imidazole rings is 1. The van der Waals surface area contributed by atoms with Crippen molar-refractivity contribution in [1.29, 1.82) is 0 Å². The fraction of sp³-hybridized carbons (Fsp3) is 0.364. The normalized spacial score (nSPS) is 21.2. The van der Waals surface area contributed by atoms with Gasteiger partial charge in [-0.2, -0.15) is 0 Å². The minimum absolute atomic E-state index is 0.397. The monoisotopic (exact) mass is 220 g/mol. The lowest BCUT2D eigenvalue weighted by molar-refractivity contribution is 0.187. The summed E-state index contributed by atoms with van der Waals surface area (Å²) in [6.07, 6.45) is 1.05. The average Bonchev–Trinajstić information content (AvgIpc) is 2.82. The predicted molar refractivity (Wildman–Crippen MR) is 61.6 cm³/mol. The minimum Gasteiger partial charge on any atom is -0.379 e. The van der Waals surface area contributed by atoms with E-state index in [-0.39, 0.29) is 0 Å². The van der Waals surface area contributed by atoms with Crippen LogP contribution in [0, 0.1) is 4.77 Å². The van der Waals surface area contributed by atoms with Crippen LogP contribution in [0.25, 0.3) is 11.0 Å². The van der Waals surface area contributed by atoms with Crippen LogP contribution in [0.2, 0.25) is 0 Å². The van der Waals surface area contributed by atoms with Gasteiger partial charge in [-0.3, -0.25) is 0 Å². The average molecular weight is 220 g/mol. The van der Waals surface area contributed by atoms with Crippen molar-refractivity contribution in [3.8, 4) is 0 Å². The lowest BCUT2D eigenvalue weighted by atomic mass is 10.2. The van der Waals surface area contributed by atoms with Gasteiger partial charge in [-0.05, 0) is 30.8 Å². The number of para-hydroxylation sites is 2. The van der Waals surface area contributed by atoms with Crippen LogP contribution >= 0.6 is 12.2 Å². The van der Waals surface area contributed by atoms with E-state index in [0.717, 1.165) is 29.9 Å². The van der Waals surface area contributed by atoms with Crippen LogP contribution in [-0.2, 0) is 4.74 Å². The zero-order valence-corrected chi connectivity index (χ0v) is 9.09. The van der Waals surface area contributed by atoms with Crippen LogP contribution < -0.4 is 0 Å². The number of fused-ring (bicyclic) bond motifs is 1. The van der Waals surface area contributed by atoms with Crippen molar-refractivity contribution in [2.24, 2.45) is 0 Å². The third kappa shape index (κ3) is 1.41. The Morgan fingerprint density at radius 1 is 1.40 bits per heavy atom. The number of nitrogens with zero attached hydrogens (tertiary/aromatic N) is 1. The van der Waals surface area contributed by atoms with Gasteiger partial charge < -0.3 is 14.3 Å². The summed E-state index contributed by atoms with van der Waals surface area (Å²) in [6, 6.07) is 8.60. The van der Waals surface area contributed by atoms with Gasteiger partial charge >= 0.3 is 0 Å². The van der Waals surface area contributed by atoms with Gasteiger partial charge in [-0.25, -0.2) is 0 Å². The van der Waals surface area contributed by atoms with E-state index in [1.54, 1.807) is 0 Å². The van der Waals surface area contributed by atoms with Crippen molar-refractivity contribution in [3.05, 3.63) is 29.0 Å². The fourth-order valence-electron chi connectivity index (χ4n) is 2.16. The molecule has 1 unspecified atom stereocenters. The summed E-state index contributed by atoms with van der Waals surface area (Å²) in [5.41, 5.74) is 2.28. The Morgan fingerprint density at radius 2 is 2.27 bits per heavy atom. The lowest BCUT2D eigenvalue weighted by Gasteiger charge is -2.10. The van der Waals surface area contributed by atoms with Gasteiger partial charge in [0.2, 0.25) is 0 Å². The van der Waals surface area contributed by atoms with Crippen LogP contribution in [0.5, 0.6) is 0 Å². The molecule has 0 radical (unpaired) electrons. The zero-order chi connectivity index (χ0) is 10.3. The molecule has 78 valence electrons. The van der Waals surface area contributed by atoms with E-state index < -0.39 is 0 Å². The van der Waals surface area contributed by atoms with E-state index in [4.69, 9.17) is 17.0 Å². The molecular weight excluding hydrogens is 208 g/mol. The third-order valence-electron chi connectivity index (χ3n) is 2.89. The molecule has 2 aromatic rings. The van der Waals surface area contributed by atoms with Crippen molar-refractivity contribution in [3.63, 3.8) is 0 Å². The van der Waals surface area contributed by atoms with E-state index in [1.165, 1.54) is 5.52 Å². The Labute approximate surface area is 92.7 Å². The summed E-state index contributed by atoms with van der Waals surface area (Å²) >= 11 is 5.34. The molecule has 2 heterocycles. The molecule has 0 amide bonds. The summed E-state index contributed by atoms with van der Waals surface area (Å²) in [5.74, 6) is 0. The number of rotatable bonds is 1. The molecular formula is C11H12N2OS. The Kier molecular flexibility index (Phi) is 2.11. The van der Waals surface area contributed by atoms with E-state index in [2.05, 4.69) is 21.7 Å². The molecule has 0 bridgehead atoms. The van der Waals surface area contributed by atoms with E-state index in [1.807, 2.05) is 12.1 Å². The fourth-order valence-corrected chi connectivity index (χ4v) is 2.52. The first kappa shape index (κ1) is 9.12. The molecule has 4 heteroatoms. The Hall–Kier alpha value is -1.13. The molecule has 15 heavy (non-hydrogen) atoms. The van der Waals surface area contributed by atoms with Gasteiger partial charge in [-0.1, -0.05) is 12.1 Å². The Balaban J connectivity index is 2.23. The first-order valence-electron chi connectivity index (χ1n) is 5.13. The molecule has 1 aromatic heterocycles. The molecule has 3 rings (SSSR count). The maximum atomic E-state index is 5.40. The number of nitrogens with one attached hydrogen (secondary N) is 1. The molecule has 1 fully saturated rings. The van der Waals surface area contributed by atoms with Gasteiger partial charge in [0.05, 0.1) is 23.7 Å². The van der Waals surface area contributed by atoms with Crippen LogP contribution in [0.1, 0.15) is 12.5 Å². The maximum Gasteiger partial charge on any atom is 0.178 e. The van der Waals surface area contributed by atoms with E-state index in [9.17, 15) is 0 Å². The highest BCUT2D eigenvalue weighted by atomic mass is 32.1. The first-order valence-corrected chi connectivity index (χ1v) is 5.54. The minimum atomic E-state index is 0.397. The number of aromatic amines is 1. The molecule has 1 aromatic carbocycles. The number of H-pyrrole nitrogens is 1. The lowest BCUT2D eigenvalue weighted by Crippen LogP contribution is -2.08. The Bertz CT molecular complexity index is 537. The van der Waals surface area contributed by atoms with Crippen LogP contribution in [-0.4, -0.2) is 22.8 Å². The molecule has 0 aliphatic carbocycles. The number of aromatic nitrogens is 2. The van der Waals surface area contributed by atoms with Gasteiger partial charge in [0.25, 0.3) is 0 Å². The molecule has 3 nitrogen and oxygen atoms in total. The van der Waals surface area contributed by atoms with Crippen molar-refractivity contribution < 1.29 is 4.74 Å². The van der Waals surface area contributed by atoms with Crippen LogP contribution in [0.3, 0.4) is 0 Å². The molecule has 0 spiro atoms. The highest BCUT2D eigenvalue weighted by Crippen LogP contribution is 2.24. The van der Waals surface area contributed by atoms with Crippen LogP contribution in [0.15, 0.2) is 24.3 Å². The number of hydrogen-bond donors (Lipinski definition) is 1. The maximum absolute atomic E-state index is 5.40. The summed E-state index contributed by atoms with van der Waals surface area (Å²) < 4.78 is 8.38. The van der Waals surface area contributed by atoms with Crippen molar-refractivity contribution >= 4 is 23.3 Å². The molecule has 0 saturated carbocycles. The summed E-state index contributed by atoms with van der Waals surface area (Å²) in [4.78, 5) is 3.23. The second kappa shape index (κ2) is 3.47. The first-order chi connectivity index (χ1) is 7.36. The SMILES string of the molecule is S=c1[nH]c2ccccc2n1C1CCOC1. The largest absolute Gasteiger partial charge is 0.379 e. The number of ether oxygens (including phenoxy) is 1. The second-order valence-corrected chi connectivity index (χ2v) is 4.22. The molecule has 1 atom stereocenters. The van der Waals surface area contributed by atoms with Crippen molar-refractivity contribution in [1.82, 2.24) is 9.55 Å².